The summed E-state index contributed by atoms with van der Waals surface area (Å²) in [6.07, 6.45) is 0. The fourth-order valence-corrected chi connectivity index (χ4v) is 4.93. The molecule has 1 aliphatic rings. The highest BCUT2D eigenvalue weighted by atomic mass is 32.2. The molecule has 0 aromatic heterocycles. The van der Waals surface area contributed by atoms with E-state index < -0.39 is 10.0 Å². The van der Waals surface area contributed by atoms with Crippen LogP contribution in [0.2, 0.25) is 0 Å². The van der Waals surface area contributed by atoms with E-state index in [4.69, 9.17) is 0 Å². The molecule has 2 aromatic rings. The lowest BCUT2D eigenvalue weighted by Gasteiger charge is -2.30. The molecule has 0 aliphatic carbocycles. The molecule has 3 rings (SSSR count). The molecule has 0 unspecified atom stereocenters. The third-order valence-electron chi connectivity index (χ3n) is 3.35. The van der Waals surface area contributed by atoms with Crippen LogP contribution in [-0.4, -0.2) is 20.7 Å². The lowest BCUT2D eigenvalue weighted by molar-refractivity contribution is 0.590. The summed E-state index contributed by atoms with van der Waals surface area (Å²) in [6.45, 7) is 2.30. The molecule has 3 nitrogen and oxygen atoms in total. The Morgan fingerprint density at radius 1 is 1.14 bits per heavy atom. The Kier molecular flexibility index (Phi) is 3.67. The van der Waals surface area contributed by atoms with E-state index in [1.165, 1.54) is 34.3 Å². The van der Waals surface area contributed by atoms with E-state index in [0.29, 0.717) is 22.9 Å². The van der Waals surface area contributed by atoms with Crippen molar-refractivity contribution in [2.24, 2.45) is 0 Å². The van der Waals surface area contributed by atoms with Crippen molar-refractivity contribution in [1.29, 1.82) is 0 Å². The van der Waals surface area contributed by atoms with Gasteiger partial charge in [0.1, 0.15) is 5.82 Å². The van der Waals surface area contributed by atoms with Gasteiger partial charge in [0.25, 0.3) is 10.0 Å². The van der Waals surface area contributed by atoms with Gasteiger partial charge in [-0.2, -0.15) is 0 Å². The van der Waals surface area contributed by atoms with Gasteiger partial charge in [-0.05, 0) is 37.3 Å². The van der Waals surface area contributed by atoms with E-state index in [9.17, 15) is 12.8 Å². The van der Waals surface area contributed by atoms with Crippen molar-refractivity contribution >= 4 is 27.5 Å². The number of rotatable bonds is 2. The Balaban J connectivity index is 2.07. The molecule has 110 valence electrons. The predicted molar refractivity (Wildman–Crippen MR) is 82.8 cm³/mol. The summed E-state index contributed by atoms with van der Waals surface area (Å²) in [6, 6.07) is 11.0. The minimum absolute atomic E-state index is 0.260. The number of anilines is 1. The molecule has 0 radical (unpaired) electrons. The summed E-state index contributed by atoms with van der Waals surface area (Å²) in [5.41, 5.74) is 1.55. The quantitative estimate of drug-likeness (QED) is 0.849. The smallest absolute Gasteiger partial charge is 0.264 e. The molecule has 2 aromatic carbocycles. The number of hydrogen-bond donors (Lipinski definition) is 0. The standard InChI is InChI=1S/C15H14FNO2S2/c1-11-2-5-13(6-3-11)21(18,19)17-8-9-20-15-10-12(16)4-7-14(15)17/h2-7,10H,8-9H2,1H3. The molecular formula is C15H14FNO2S2. The zero-order valence-electron chi connectivity index (χ0n) is 11.4. The van der Waals surface area contributed by atoms with E-state index in [-0.39, 0.29) is 10.7 Å². The molecule has 0 N–H and O–H groups in total. The second-order valence-electron chi connectivity index (χ2n) is 4.85. The summed E-state index contributed by atoms with van der Waals surface area (Å²) >= 11 is 1.47. The van der Waals surface area contributed by atoms with Gasteiger partial charge in [0.2, 0.25) is 0 Å². The van der Waals surface area contributed by atoms with Crippen molar-refractivity contribution in [2.45, 2.75) is 16.7 Å². The van der Waals surface area contributed by atoms with Crippen LogP contribution >= 0.6 is 11.8 Å². The lowest BCUT2D eigenvalue weighted by atomic mass is 10.2. The molecule has 21 heavy (non-hydrogen) atoms. The minimum atomic E-state index is -3.61. The summed E-state index contributed by atoms with van der Waals surface area (Å²) < 4.78 is 40.2. The average molecular weight is 323 g/mol. The van der Waals surface area contributed by atoms with E-state index in [0.717, 1.165) is 5.56 Å². The predicted octanol–water partition coefficient (Wildman–Crippen LogP) is 3.44. The third kappa shape index (κ3) is 2.65. The number of halogens is 1. The van der Waals surface area contributed by atoms with E-state index in [1.807, 2.05) is 6.92 Å². The fraction of sp³-hybridized carbons (Fsp3) is 0.200. The molecule has 0 spiro atoms. The van der Waals surface area contributed by atoms with Gasteiger partial charge < -0.3 is 0 Å². The first-order chi connectivity index (χ1) is 9.98. The first kappa shape index (κ1) is 14.4. The van der Waals surface area contributed by atoms with Gasteiger partial charge in [-0.25, -0.2) is 12.8 Å². The molecule has 1 heterocycles. The number of nitrogens with zero attached hydrogens (tertiary/aromatic N) is 1. The average Bonchev–Trinajstić information content (AvgIpc) is 2.46. The van der Waals surface area contributed by atoms with Gasteiger partial charge in [-0.15, -0.1) is 11.8 Å². The SMILES string of the molecule is Cc1ccc(S(=O)(=O)N2CCSc3cc(F)ccc32)cc1. The minimum Gasteiger partial charge on any atom is -0.264 e. The van der Waals surface area contributed by atoms with E-state index >= 15 is 0 Å². The van der Waals surface area contributed by atoms with Gasteiger partial charge in [0.15, 0.2) is 0 Å². The Bertz CT molecular complexity index is 773. The first-order valence-electron chi connectivity index (χ1n) is 6.50. The number of hydrogen-bond acceptors (Lipinski definition) is 3. The Morgan fingerprint density at radius 3 is 2.57 bits per heavy atom. The largest absolute Gasteiger partial charge is 0.264 e. The van der Waals surface area contributed by atoms with Gasteiger partial charge in [-0.1, -0.05) is 17.7 Å². The molecular weight excluding hydrogens is 309 g/mol. The van der Waals surface area contributed by atoms with Crippen molar-refractivity contribution in [3.05, 3.63) is 53.8 Å². The van der Waals surface area contributed by atoms with Crippen LogP contribution in [0.15, 0.2) is 52.3 Å². The molecule has 0 amide bonds. The maximum Gasteiger partial charge on any atom is 0.264 e. The van der Waals surface area contributed by atoms with Crippen LogP contribution in [0.25, 0.3) is 0 Å². The molecule has 0 atom stereocenters. The van der Waals surface area contributed by atoms with Crippen LogP contribution in [0.1, 0.15) is 5.56 Å². The zero-order chi connectivity index (χ0) is 15.0. The van der Waals surface area contributed by atoms with Gasteiger partial charge in [-0.3, -0.25) is 4.31 Å². The summed E-state index contributed by atoms with van der Waals surface area (Å²) in [5, 5.41) is 0. The number of thioether (sulfide) groups is 1. The molecule has 0 saturated carbocycles. The highest BCUT2D eigenvalue weighted by Gasteiger charge is 2.29. The number of fused-ring (bicyclic) bond motifs is 1. The number of sulfonamides is 1. The van der Waals surface area contributed by atoms with E-state index in [1.54, 1.807) is 24.3 Å². The van der Waals surface area contributed by atoms with Crippen LogP contribution < -0.4 is 4.31 Å². The van der Waals surface area contributed by atoms with Crippen LogP contribution in [-0.2, 0) is 10.0 Å². The Morgan fingerprint density at radius 2 is 1.86 bits per heavy atom. The topological polar surface area (TPSA) is 37.4 Å². The van der Waals surface area contributed by atoms with Crippen molar-refractivity contribution in [2.75, 3.05) is 16.6 Å². The molecule has 0 saturated heterocycles. The van der Waals surface area contributed by atoms with Gasteiger partial charge in [0.05, 0.1) is 10.6 Å². The molecule has 0 bridgehead atoms. The van der Waals surface area contributed by atoms with Crippen LogP contribution in [0.3, 0.4) is 0 Å². The molecule has 1 aliphatic heterocycles. The second kappa shape index (κ2) is 5.35. The van der Waals surface area contributed by atoms with Crippen LogP contribution in [0, 0.1) is 12.7 Å². The zero-order valence-corrected chi connectivity index (χ0v) is 13.0. The fourth-order valence-electron chi connectivity index (χ4n) is 2.26. The van der Waals surface area contributed by atoms with Crippen molar-refractivity contribution in [3.63, 3.8) is 0 Å². The third-order valence-corrected chi connectivity index (χ3v) is 6.20. The van der Waals surface area contributed by atoms with Crippen LogP contribution in [0.5, 0.6) is 0 Å². The summed E-state index contributed by atoms with van der Waals surface area (Å²) in [5.74, 6) is 0.262. The van der Waals surface area contributed by atoms with Crippen molar-refractivity contribution in [3.8, 4) is 0 Å². The van der Waals surface area contributed by atoms with Gasteiger partial charge in [0, 0.05) is 17.2 Å². The monoisotopic (exact) mass is 323 g/mol. The second-order valence-corrected chi connectivity index (χ2v) is 7.85. The summed E-state index contributed by atoms with van der Waals surface area (Å²) in [7, 11) is -3.61. The number of benzene rings is 2. The van der Waals surface area contributed by atoms with Crippen molar-refractivity contribution < 1.29 is 12.8 Å². The Hall–Kier alpha value is -1.53. The van der Waals surface area contributed by atoms with Crippen molar-refractivity contribution in [1.82, 2.24) is 0 Å². The molecule has 0 fully saturated rings. The lowest BCUT2D eigenvalue weighted by Crippen LogP contribution is -2.35. The Labute approximate surface area is 127 Å². The maximum atomic E-state index is 13.3. The first-order valence-corrected chi connectivity index (χ1v) is 8.93. The van der Waals surface area contributed by atoms with Crippen LogP contribution in [0.4, 0.5) is 10.1 Å². The summed E-state index contributed by atoms with van der Waals surface area (Å²) in [4.78, 5) is 0.923. The highest BCUT2D eigenvalue weighted by Crippen LogP contribution is 2.38. The molecule has 6 heteroatoms. The highest BCUT2D eigenvalue weighted by molar-refractivity contribution is 8.00. The maximum absolute atomic E-state index is 13.3. The normalized spacial score (nSPS) is 14.9. The number of aryl methyl sites for hydroxylation is 1. The van der Waals surface area contributed by atoms with Gasteiger partial charge >= 0.3 is 0 Å². The van der Waals surface area contributed by atoms with E-state index in [2.05, 4.69) is 0 Å².